The summed E-state index contributed by atoms with van der Waals surface area (Å²) >= 11 is 6.15. The quantitative estimate of drug-likeness (QED) is 0.691. The lowest BCUT2D eigenvalue weighted by molar-refractivity contribution is -0.148. The summed E-state index contributed by atoms with van der Waals surface area (Å²) in [4.78, 5) is 25.1. The summed E-state index contributed by atoms with van der Waals surface area (Å²) in [5, 5.41) is 3.12. The molecule has 0 radical (unpaired) electrons. The molecule has 1 N–H and O–H groups in total. The molecule has 1 heterocycles. The third-order valence-corrected chi connectivity index (χ3v) is 4.71. The van der Waals surface area contributed by atoms with Gasteiger partial charge in [-0.1, -0.05) is 25.4 Å². The van der Waals surface area contributed by atoms with Crippen molar-refractivity contribution in [1.82, 2.24) is 5.32 Å². The second kappa shape index (κ2) is 9.05. The van der Waals surface area contributed by atoms with Crippen molar-refractivity contribution in [3.05, 3.63) is 52.5 Å². The van der Waals surface area contributed by atoms with Crippen LogP contribution in [0.25, 0.3) is 0 Å². The maximum absolute atomic E-state index is 12.6. The van der Waals surface area contributed by atoms with E-state index < -0.39 is 12.0 Å². The second-order valence-corrected chi connectivity index (χ2v) is 7.25. The number of nitrogens with one attached hydrogen (secondary N) is 1. The van der Waals surface area contributed by atoms with Gasteiger partial charge < -0.3 is 24.3 Å². The second-order valence-electron chi connectivity index (χ2n) is 6.84. The molecule has 1 atom stereocenters. The first-order valence-corrected chi connectivity index (χ1v) is 9.46. The maximum atomic E-state index is 12.6. The molecule has 0 saturated carbocycles. The van der Waals surface area contributed by atoms with Crippen LogP contribution in [0.5, 0.6) is 17.2 Å². The van der Waals surface area contributed by atoms with Crippen molar-refractivity contribution in [2.45, 2.75) is 26.5 Å². The van der Waals surface area contributed by atoms with Crippen LogP contribution < -0.4 is 19.5 Å². The highest BCUT2D eigenvalue weighted by Crippen LogP contribution is 2.39. The van der Waals surface area contributed by atoms with Gasteiger partial charge in [-0.3, -0.25) is 4.79 Å². The molecule has 3 rings (SSSR count). The van der Waals surface area contributed by atoms with E-state index in [0.717, 1.165) is 0 Å². The van der Waals surface area contributed by atoms with Crippen molar-refractivity contribution in [2.75, 3.05) is 13.9 Å². The summed E-state index contributed by atoms with van der Waals surface area (Å²) in [7, 11) is 1.55. The lowest BCUT2D eigenvalue weighted by atomic mass is 10.0. The number of amides is 1. The molecular weight excluding hydrogens is 398 g/mol. The van der Waals surface area contributed by atoms with E-state index in [9.17, 15) is 9.59 Å². The average Bonchev–Trinajstić information content (AvgIpc) is 3.19. The number of rotatable bonds is 7. The summed E-state index contributed by atoms with van der Waals surface area (Å²) in [6.45, 7) is 3.76. The zero-order valence-electron chi connectivity index (χ0n) is 16.4. The van der Waals surface area contributed by atoms with Gasteiger partial charge in [0.2, 0.25) is 6.79 Å². The van der Waals surface area contributed by atoms with E-state index in [-0.39, 0.29) is 25.2 Å². The van der Waals surface area contributed by atoms with E-state index in [1.165, 1.54) is 0 Å². The largest absolute Gasteiger partial charge is 0.497 e. The molecule has 0 bridgehead atoms. The summed E-state index contributed by atoms with van der Waals surface area (Å²) in [6.07, 6.45) is 0. The van der Waals surface area contributed by atoms with Crippen LogP contribution in [0.2, 0.25) is 5.02 Å². The molecule has 0 unspecified atom stereocenters. The van der Waals surface area contributed by atoms with Crippen molar-refractivity contribution < 1.29 is 28.5 Å². The Morgan fingerprint density at radius 1 is 1.17 bits per heavy atom. The molecular formula is C21H22ClNO6. The van der Waals surface area contributed by atoms with Gasteiger partial charge in [-0.2, -0.15) is 0 Å². The fourth-order valence-electron chi connectivity index (χ4n) is 2.81. The van der Waals surface area contributed by atoms with Crippen LogP contribution in [-0.2, 0) is 16.1 Å². The number of ether oxygens (including phenoxy) is 4. The van der Waals surface area contributed by atoms with Crippen LogP contribution in [-0.4, -0.2) is 31.8 Å². The molecule has 2 aromatic carbocycles. The lowest BCUT2D eigenvalue weighted by Crippen LogP contribution is -2.45. The van der Waals surface area contributed by atoms with Gasteiger partial charge in [0.05, 0.1) is 12.1 Å². The molecule has 1 aliphatic rings. The van der Waals surface area contributed by atoms with Crippen LogP contribution in [0.4, 0.5) is 0 Å². The number of benzene rings is 2. The van der Waals surface area contributed by atoms with Gasteiger partial charge in [0, 0.05) is 5.56 Å². The van der Waals surface area contributed by atoms with Crippen LogP contribution in [0.15, 0.2) is 36.4 Å². The number of fused-ring (bicyclic) bond motifs is 1. The van der Waals surface area contributed by atoms with Gasteiger partial charge in [0.1, 0.15) is 18.4 Å². The number of carbonyl (C=O) groups is 2. The van der Waals surface area contributed by atoms with Crippen LogP contribution in [0.1, 0.15) is 29.8 Å². The van der Waals surface area contributed by atoms with Gasteiger partial charge >= 0.3 is 5.97 Å². The molecule has 29 heavy (non-hydrogen) atoms. The highest BCUT2D eigenvalue weighted by molar-refractivity contribution is 6.32. The molecule has 154 valence electrons. The molecule has 2 aromatic rings. The minimum Gasteiger partial charge on any atom is -0.497 e. The fraction of sp³-hybridized carbons (Fsp3) is 0.333. The summed E-state index contributed by atoms with van der Waals surface area (Å²) < 4.78 is 21.1. The van der Waals surface area contributed by atoms with Crippen LogP contribution in [0, 0.1) is 5.92 Å². The van der Waals surface area contributed by atoms with Crippen molar-refractivity contribution in [3.63, 3.8) is 0 Å². The minimum atomic E-state index is -0.797. The lowest BCUT2D eigenvalue weighted by Gasteiger charge is -2.21. The van der Waals surface area contributed by atoms with Gasteiger partial charge in [-0.15, -0.1) is 0 Å². The van der Waals surface area contributed by atoms with E-state index in [1.807, 2.05) is 13.8 Å². The van der Waals surface area contributed by atoms with Crippen LogP contribution in [0.3, 0.4) is 0 Å². The van der Waals surface area contributed by atoms with E-state index >= 15 is 0 Å². The van der Waals surface area contributed by atoms with E-state index in [0.29, 0.717) is 33.4 Å². The predicted molar refractivity (Wildman–Crippen MR) is 106 cm³/mol. The van der Waals surface area contributed by atoms with Gasteiger partial charge in [-0.25, -0.2) is 4.79 Å². The van der Waals surface area contributed by atoms with Gasteiger partial charge in [0.15, 0.2) is 11.5 Å². The molecule has 0 aromatic heterocycles. The smallest absolute Gasteiger partial charge is 0.329 e. The Kier molecular flexibility index (Phi) is 6.49. The molecule has 1 aliphatic heterocycles. The number of hydrogen-bond acceptors (Lipinski definition) is 6. The summed E-state index contributed by atoms with van der Waals surface area (Å²) in [6, 6.07) is 9.19. The molecule has 7 nitrogen and oxygen atoms in total. The molecule has 0 fully saturated rings. The number of carbonyl (C=O) groups excluding carboxylic acids is 2. The Hall–Kier alpha value is -2.93. The normalized spacial score (nSPS) is 13.1. The molecule has 8 heteroatoms. The van der Waals surface area contributed by atoms with Crippen molar-refractivity contribution >= 4 is 23.5 Å². The topological polar surface area (TPSA) is 83.1 Å². The molecule has 0 spiro atoms. The molecule has 0 aliphatic carbocycles. The van der Waals surface area contributed by atoms with E-state index in [4.69, 9.17) is 30.5 Å². The van der Waals surface area contributed by atoms with E-state index in [1.54, 1.807) is 43.5 Å². The Balaban J connectivity index is 1.63. The third kappa shape index (κ3) is 4.92. The SMILES string of the molecule is COc1ccc(C(=O)N[C@@H](C(=O)OCc2cc(Cl)c3c(c2)OCO3)C(C)C)cc1. The highest BCUT2D eigenvalue weighted by Gasteiger charge is 2.27. The van der Waals surface area contributed by atoms with Crippen molar-refractivity contribution in [2.24, 2.45) is 5.92 Å². The van der Waals surface area contributed by atoms with Crippen molar-refractivity contribution in [1.29, 1.82) is 0 Å². The third-order valence-electron chi connectivity index (χ3n) is 4.43. The zero-order valence-corrected chi connectivity index (χ0v) is 17.1. The summed E-state index contributed by atoms with van der Waals surface area (Å²) in [5.74, 6) is 0.573. The number of halogens is 1. The first-order valence-electron chi connectivity index (χ1n) is 9.08. The Morgan fingerprint density at radius 2 is 1.90 bits per heavy atom. The van der Waals surface area contributed by atoms with Crippen LogP contribution >= 0.6 is 11.6 Å². The molecule has 0 saturated heterocycles. The highest BCUT2D eigenvalue weighted by atomic mass is 35.5. The predicted octanol–water partition coefficient (Wildman–Crippen LogP) is 3.58. The maximum Gasteiger partial charge on any atom is 0.329 e. The molecule has 1 amide bonds. The Morgan fingerprint density at radius 3 is 2.55 bits per heavy atom. The first kappa shape index (κ1) is 20.8. The summed E-state index contributed by atoms with van der Waals surface area (Å²) in [5.41, 5.74) is 1.09. The Bertz CT molecular complexity index is 897. The average molecular weight is 420 g/mol. The Labute approximate surface area is 173 Å². The fourth-order valence-corrected chi connectivity index (χ4v) is 3.10. The minimum absolute atomic E-state index is 0.00316. The first-order chi connectivity index (χ1) is 13.9. The number of esters is 1. The van der Waals surface area contributed by atoms with E-state index in [2.05, 4.69) is 5.32 Å². The standard InChI is InChI=1S/C21H22ClNO6/c1-12(2)18(23-20(24)14-4-6-15(26-3)7-5-14)21(25)27-10-13-8-16(22)19-17(9-13)28-11-29-19/h4-9,12,18H,10-11H2,1-3H3,(H,23,24)/t18-/m1/s1. The number of methoxy groups -OCH3 is 1. The van der Waals surface area contributed by atoms with Gasteiger partial charge in [0.25, 0.3) is 5.91 Å². The zero-order chi connectivity index (χ0) is 21.0. The van der Waals surface area contributed by atoms with Crippen molar-refractivity contribution in [3.8, 4) is 17.2 Å². The number of hydrogen-bond donors (Lipinski definition) is 1. The van der Waals surface area contributed by atoms with Gasteiger partial charge in [-0.05, 0) is 47.9 Å². The monoisotopic (exact) mass is 419 g/mol.